The van der Waals surface area contributed by atoms with E-state index >= 15 is 0 Å². The van der Waals surface area contributed by atoms with Crippen molar-refractivity contribution in [3.63, 3.8) is 0 Å². The lowest BCUT2D eigenvalue weighted by atomic mass is 10.0. The fourth-order valence-corrected chi connectivity index (χ4v) is 3.68. The zero-order valence-corrected chi connectivity index (χ0v) is 17.3. The van der Waals surface area contributed by atoms with E-state index in [2.05, 4.69) is 9.97 Å². The van der Waals surface area contributed by atoms with E-state index in [-0.39, 0.29) is 24.6 Å². The van der Waals surface area contributed by atoms with E-state index in [1.165, 1.54) is 17.0 Å². The Hall–Kier alpha value is -3.67. The number of rotatable bonds is 3. The van der Waals surface area contributed by atoms with Crippen LogP contribution < -0.4 is 0 Å². The third-order valence-corrected chi connectivity index (χ3v) is 5.17. The lowest BCUT2D eigenvalue weighted by molar-refractivity contribution is 0.0763. The molecule has 0 saturated carbocycles. The predicted octanol–water partition coefficient (Wildman–Crippen LogP) is 5.76. The first kappa shape index (κ1) is 20.6. The maximum atomic E-state index is 14.8. The summed E-state index contributed by atoms with van der Waals surface area (Å²) in [4.78, 5) is 22.3. The van der Waals surface area contributed by atoms with E-state index < -0.39 is 11.6 Å². The van der Waals surface area contributed by atoms with Gasteiger partial charge in [-0.2, -0.15) is 0 Å². The Morgan fingerprint density at radius 1 is 0.903 bits per heavy atom. The summed E-state index contributed by atoms with van der Waals surface area (Å²) in [6, 6.07) is 15.1. The second kappa shape index (κ2) is 8.60. The topological polar surface area (TPSA) is 46.1 Å². The Kier molecular flexibility index (Phi) is 5.71. The van der Waals surface area contributed by atoms with Gasteiger partial charge in [-0.15, -0.1) is 0 Å². The van der Waals surface area contributed by atoms with Crippen LogP contribution in [-0.4, -0.2) is 20.8 Å². The number of benzene rings is 2. The zero-order chi connectivity index (χ0) is 22.0. The van der Waals surface area contributed by atoms with Gasteiger partial charge in [0.25, 0.3) is 5.91 Å². The molecule has 0 aliphatic carbocycles. The van der Waals surface area contributed by atoms with Crippen molar-refractivity contribution in [1.82, 2.24) is 14.9 Å². The molecule has 0 atom stereocenters. The van der Waals surface area contributed by atoms with E-state index in [1.54, 1.807) is 30.6 Å². The van der Waals surface area contributed by atoms with Gasteiger partial charge in [0, 0.05) is 23.3 Å². The van der Waals surface area contributed by atoms with Crippen LogP contribution in [0.2, 0.25) is 0 Å². The normalized spacial score (nSPS) is 12.5. The van der Waals surface area contributed by atoms with Gasteiger partial charge in [0.2, 0.25) is 0 Å². The minimum atomic E-state index is -0.678. The molecule has 0 fully saturated rings. The van der Waals surface area contributed by atoms with Gasteiger partial charge >= 0.3 is 0 Å². The zero-order valence-electron chi connectivity index (χ0n) is 17.3. The van der Waals surface area contributed by atoms with Crippen LogP contribution in [0.3, 0.4) is 0 Å². The molecule has 2 aromatic carbocycles. The predicted molar refractivity (Wildman–Crippen MR) is 116 cm³/mol. The third-order valence-electron chi connectivity index (χ3n) is 5.17. The van der Waals surface area contributed by atoms with Crippen LogP contribution >= 0.6 is 0 Å². The number of hydrogen-bond donors (Lipinski definition) is 0. The summed E-state index contributed by atoms with van der Waals surface area (Å²) in [5.74, 6) is -1.62. The molecule has 1 aliphatic heterocycles. The number of nitrogens with zero attached hydrogens (tertiary/aromatic N) is 3. The van der Waals surface area contributed by atoms with E-state index in [1.807, 2.05) is 38.1 Å². The molecular formula is C25H21F2N3O. The maximum absolute atomic E-state index is 14.8. The van der Waals surface area contributed by atoms with Crippen LogP contribution in [0.25, 0.3) is 22.0 Å². The van der Waals surface area contributed by atoms with Gasteiger partial charge in [-0.25, -0.2) is 8.78 Å². The van der Waals surface area contributed by atoms with Gasteiger partial charge in [0.15, 0.2) is 0 Å². The molecule has 2 aromatic heterocycles. The van der Waals surface area contributed by atoms with Gasteiger partial charge in [-0.1, -0.05) is 26.0 Å². The Labute approximate surface area is 179 Å². The highest BCUT2D eigenvalue weighted by Crippen LogP contribution is 2.29. The van der Waals surface area contributed by atoms with E-state index in [4.69, 9.17) is 0 Å². The highest BCUT2D eigenvalue weighted by Gasteiger charge is 2.29. The molecule has 5 rings (SSSR count). The summed E-state index contributed by atoms with van der Waals surface area (Å²) in [5.41, 5.74) is 2.93. The number of hydrogen-bond acceptors (Lipinski definition) is 3. The number of amides is 1. The summed E-state index contributed by atoms with van der Waals surface area (Å²) in [6.45, 7) is 4.10. The van der Waals surface area contributed by atoms with Crippen molar-refractivity contribution in [2.24, 2.45) is 0 Å². The molecule has 1 aliphatic rings. The standard InChI is InChI=1S/C23H15F2N3O.C2H6/c24-19-10-16(14-5-6-21-15(9-14)3-1-7-26-21)11-20(25)18(19)12-28-13-22-17(23(28)29)4-2-8-27-22;1-2/h1-11H,12-13H2;1-2H3. The molecule has 0 saturated heterocycles. The number of halogens is 2. The second-order valence-corrected chi connectivity index (χ2v) is 6.99. The van der Waals surface area contributed by atoms with Crippen molar-refractivity contribution >= 4 is 16.8 Å². The maximum Gasteiger partial charge on any atom is 0.256 e. The average Bonchev–Trinajstić information content (AvgIpc) is 3.12. The Morgan fingerprint density at radius 2 is 1.61 bits per heavy atom. The molecule has 4 aromatic rings. The molecule has 0 spiro atoms. The molecule has 1 amide bonds. The summed E-state index contributed by atoms with van der Waals surface area (Å²) < 4.78 is 29.6. The van der Waals surface area contributed by atoms with Crippen molar-refractivity contribution in [2.45, 2.75) is 26.9 Å². The van der Waals surface area contributed by atoms with Crippen LogP contribution in [0.15, 0.2) is 67.0 Å². The number of fused-ring (bicyclic) bond motifs is 2. The van der Waals surface area contributed by atoms with Crippen LogP contribution in [0.4, 0.5) is 8.78 Å². The van der Waals surface area contributed by atoms with E-state index in [9.17, 15) is 13.6 Å². The molecular weight excluding hydrogens is 396 g/mol. The van der Waals surface area contributed by atoms with Gasteiger partial charge in [-0.05, 0) is 53.6 Å². The van der Waals surface area contributed by atoms with E-state index in [0.717, 1.165) is 10.9 Å². The molecule has 4 nitrogen and oxygen atoms in total. The Bertz CT molecular complexity index is 1250. The minimum Gasteiger partial charge on any atom is -0.328 e. The molecule has 0 N–H and O–H groups in total. The molecule has 3 heterocycles. The first-order chi connectivity index (χ1) is 15.1. The largest absolute Gasteiger partial charge is 0.328 e. The van der Waals surface area contributed by atoms with Crippen LogP contribution in [-0.2, 0) is 13.1 Å². The minimum absolute atomic E-state index is 0.127. The smallest absolute Gasteiger partial charge is 0.256 e. The van der Waals surface area contributed by atoms with Crippen molar-refractivity contribution < 1.29 is 13.6 Å². The average molecular weight is 417 g/mol. The van der Waals surface area contributed by atoms with Gasteiger partial charge in [0.05, 0.1) is 29.9 Å². The van der Waals surface area contributed by atoms with Crippen LogP contribution in [0, 0.1) is 11.6 Å². The van der Waals surface area contributed by atoms with Crippen LogP contribution in [0.5, 0.6) is 0 Å². The Morgan fingerprint density at radius 3 is 2.35 bits per heavy atom. The summed E-state index contributed by atoms with van der Waals surface area (Å²) in [7, 11) is 0. The fraction of sp³-hybridized carbons (Fsp3) is 0.160. The Balaban J connectivity index is 0.00000112. The van der Waals surface area contributed by atoms with Gasteiger partial charge in [0.1, 0.15) is 11.6 Å². The molecule has 156 valence electrons. The SMILES string of the molecule is CC.O=C1c2cccnc2CN1Cc1c(F)cc(-c2ccc3ncccc3c2)cc1F. The number of pyridine rings is 2. The molecule has 0 radical (unpaired) electrons. The van der Waals surface area contributed by atoms with E-state index in [0.29, 0.717) is 22.4 Å². The molecule has 0 unspecified atom stereocenters. The first-order valence-electron chi connectivity index (χ1n) is 10.2. The monoisotopic (exact) mass is 417 g/mol. The molecule has 0 bridgehead atoms. The van der Waals surface area contributed by atoms with Crippen molar-refractivity contribution in [3.05, 3.63) is 95.4 Å². The quantitative estimate of drug-likeness (QED) is 0.426. The fourth-order valence-electron chi connectivity index (χ4n) is 3.68. The van der Waals surface area contributed by atoms with Crippen molar-refractivity contribution in [3.8, 4) is 11.1 Å². The number of carbonyl (C=O) groups excluding carboxylic acids is 1. The summed E-state index contributed by atoms with van der Waals surface area (Å²) >= 11 is 0. The highest BCUT2D eigenvalue weighted by molar-refractivity contribution is 5.97. The van der Waals surface area contributed by atoms with Gasteiger partial charge < -0.3 is 4.90 Å². The lowest BCUT2D eigenvalue weighted by Crippen LogP contribution is -2.24. The second-order valence-electron chi connectivity index (χ2n) is 6.99. The first-order valence-corrected chi connectivity index (χ1v) is 10.2. The van der Waals surface area contributed by atoms with Gasteiger partial charge in [-0.3, -0.25) is 14.8 Å². The molecule has 31 heavy (non-hydrogen) atoms. The summed E-state index contributed by atoms with van der Waals surface area (Å²) in [5, 5.41) is 0.892. The lowest BCUT2D eigenvalue weighted by Gasteiger charge is -2.17. The van der Waals surface area contributed by atoms with Crippen LogP contribution in [0.1, 0.15) is 35.5 Å². The number of carbonyl (C=O) groups is 1. The van der Waals surface area contributed by atoms with Crippen molar-refractivity contribution in [1.29, 1.82) is 0 Å². The summed E-state index contributed by atoms with van der Waals surface area (Å²) in [6.07, 6.45) is 3.30. The number of aromatic nitrogens is 2. The van der Waals surface area contributed by atoms with Crippen molar-refractivity contribution in [2.75, 3.05) is 0 Å². The highest BCUT2D eigenvalue weighted by atomic mass is 19.1. The molecule has 6 heteroatoms. The third kappa shape index (κ3) is 3.89.